The van der Waals surface area contributed by atoms with Crippen molar-refractivity contribution in [2.24, 2.45) is 11.8 Å². The first kappa shape index (κ1) is 33.7. The molecule has 1 aliphatic heterocycles. The maximum atomic E-state index is 6.75. The topological polar surface area (TPSA) is 92.3 Å². The van der Waals surface area contributed by atoms with E-state index in [2.05, 4.69) is 13.8 Å². The highest BCUT2D eigenvalue weighted by atomic mass is 16.6. The van der Waals surface area contributed by atoms with Gasteiger partial charge in [0.25, 0.3) is 0 Å². The lowest BCUT2D eigenvalue weighted by Gasteiger charge is -2.23. The van der Waals surface area contributed by atoms with Crippen LogP contribution in [0.15, 0.2) is 36.4 Å². The van der Waals surface area contributed by atoms with Crippen molar-refractivity contribution in [1.82, 2.24) is 0 Å². The van der Waals surface area contributed by atoms with E-state index in [1.54, 1.807) is 56.9 Å². The van der Waals surface area contributed by atoms with Crippen molar-refractivity contribution in [2.75, 3.05) is 56.9 Å². The fourth-order valence-corrected chi connectivity index (χ4v) is 6.00. The van der Waals surface area contributed by atoms with Crippen LogP contribution in [-0.2, 0) is 11.2 Å². The molecule has 0 aliphatic carbocycles. The highest BCUT2D eigenvalue weighted by Crippen LogP contribution is 2.53. The Hall–Kier alpha value is -4.18. The maximum Gasteiger partial charge on any atom is 0.203 e. The minimum absolute atomic E-state index is 0.175. The summed E-state index contributed by atoms with van der Waals surface area (Å²) in [6.45, 7) is 6.37. The lowest BCUT2D eigenvalue weighted by atomic mass is 9.85. The molecule has 0 aromatic heterocycles. The molecule has 45 heavy (non-hydrogen) atoms. The monoisotopic (exact) mass is 626 g/mol. The van der Waals surface area contributed by atoms with E-state index in [-0.39, 0.29) is 30.1 Å². The number of rotatable bonds is 14. The van der Waals surface area contributed by atoms with E-state index in [1.807, 2.05) is 43.3 Å². The summed E-state index contributed by atoms with van der Waals surface area (Å²) in [6.07, 6.45) is -0.100. The molecule has 0 amide bonds. The van der Waals surface area contributed by atoms with Gasteiger partial charge in [-0.05, 0) is 71.8 Å². The Morgan fingerprint density at radius 3 is 1.18 bits per heavy atom. The molecule has 10 nitrogen and oxygen atoms in total. The zero-order chi connectivity index (χ0) is 32.8. The standard InChI is InChI=1S/C35H46O10/c1-19(12-22-13-25(36-4)33(42-10)26(14-22)37-5)44-35-29(40-8)17-24(18-30(35)41-9)32-21(3)20(2)31(45-32)23-15-27(38-6)34(43-11)28(16-23)39-7/h13-21,31-32H,12H2,1-11H3/t19?,20-,21-,31+,32-/m0/s1. The molecule has 1 saturated heterocycles. The molecule has 1 heterocycles. The fourth-order valence-electron chi connectivity index (χ4n) is 6.00. The fraction of sp³-hybridized carbons (Fsp3) is 0.486. The highest BCUT2D eigenvalue weighted by Gasteiger charge is 2.42. The molecule has 0 saturated carbocycles. The Labute approximate surface area is 266 Å². The second-order valence-electron chi connectivity index (χ2n) is 11.1. The van der Waals surface area contributed by atoms with Crippen LogP contribution in [-0.4, -0.2) is 63.0 Å². The van der Waals surface area contributed by atoms with Crippen molar-refractivity contribution in [3.05, 3.63) is 53.1 Å². The predicted molar refractivity (Wildman–Crippen MR) is 170 cm³/mol. The Balaban J connectivity index is 1.61. The first-order valence-electron chi connectivity index (χ1n) is 14.8. The Bertz CT molecular complexity index is 1380. The maximum absolute atomic E-state index is 6.75. The van der Waals surface area contributed by atoms with Crippen LogP contribution in [0.5, 0.6) is 51.7 Å². The Morgan fingerprint density at radius 2 is 0.844 bits per heavy atom. The van der Waals surface area contributed by atoms with Gasteiger partial charge < -0.3 is 47.4 Å². The summed E-state index contributed by atoms with van der Waals surface area (Å²) in [6, 6.07) is 11.7. The van der Waals surface area contributed by atoms with Crippen LogP contribution in [0.3, 0.4) is 0 Å². The summed E-state index contributed by atoms with van der Waals surface area (Å²) in [5, 5.41) is 0. The average molecular weight is 627 g/mol. The zero-order valence-corrected chi connectivity index (χ0v) is 28.1. The molecule has 5 atom stereocenters. The van der Waals surface area contributed by atoms with Gasteiger partial charge in [-0.3, -0.25) is 0 Å². The minimum Gasteiger partial charge on any atom is -0.493 e. The van der Waals surface area contributed by atoms with Gasteiger partial charge in [0, 0.05) is 6.42 Å². The number of hydrogen-bond donors (Lipinski definition) is 0. The number of benzene rings is 3. The molecule has 1 unspecified atom stereocenters. The van der Waals surface area contributed by atoms with Gasteiger partial charge in [0.1, 0.15) is 6.10 Å². The van der Waals surface area contributed by atoms with Gasteiger partial charge >= 0.3 is 0 Å². The average Bonchev–Trinajstić information content (AvgIpc) is 3.36. The molecule has 3 aromatic carbocycles. The molecular formula is C35H46O10. The molecule has 246 valence electrons. The van der Waals surface area contributed by atoms with Crippen LogP contribution in [0.25, 0.3) is 0 Å². The second-order valence-corrected chi connectivity index (χ2v) is 11.1. The van der Waals surface area contributed by atoms with Crippen molar-refractivity contribution in [1.29, 1.82) is 0 Å². The van der Waals surface area contributed by atoms with Crippen LogP contribution in [0, 0.1) is 11.8 Å². The highest BCUT2D eigenvalue weighted by molar-refractivity contribution is 5.57. The molecule has 4 rings (SSSR count). The third kappa shape index (κ3) is 6.76. The third-order valence-corrected chi connectivity index (χ3v) is 8.47. The molecule has 0 radical (unpaired) electrons. The summed E-state index contributed by atoms with van der Waals surface area (Å²) in [7, 11) is 12.8. The van der Waals surface area contributed by atoms with E-state index in [0.29, 0.717) is 58.2 Å². The van der Waals surface area contributed by atoms with Gasteiger partial charge in [-0.1, -0.05) is 13.8 Å². The minimum atomic E-state index is -0.243. The second kappa shape index (κ2) is 14.7. The predicted octanol–water partition coefficient (Wildman–Crippen LogP) is 6.85. The van der Waals surface area contributed by atoms with Crippen molar-refractivity contribution in [2.45, 2.75) is 45.5 Å². The van der Waals surface area contributed by atoms with E-state index < -0.39 is 0 Å². The summed E-state index contributed by atoms with van der Waals surface area (Å²) in [5.74, 6) is 5.42. The normalized spacial score (nSPS) is 19.8. The zero-order valence-electron chi connectivity index (χ0n) is 28.1. The smallest absolute Gasteiger partial charge is 0.203 e. The Morgan fingerprint density at radius 1 is 0.511 bits per heavy atom. The first-order chi connectivity index (χ1) is 21.7. The van der Waals surface area contributed by atoms with E-state index in [0.717, 1.165) is 16.7 Å². The molecule has 3 aromatic rings. The van der Waals surface area contributed by atoms with Crippen LogP contribution >= 0.6 is 0 Å². The molecule has 0 N–H and O–H groups in total. The summed E-state index contributed by atoms with van der Waals surface area (Å²) < 4.78 is 58.1. The molecular weight excluding hydrogens is 580 g/mol. The van der Waals surface area contributed by atoms with E-state index in [4.69, 9.17) is 47.4 Å². The Kier molecular flexibility index (Phi) is 11.0. The summed E-state index contributed by atoms with van der Waals surface area (Å²) >= 11 is 0. The van der Waals surface area contributed by atoms with Gasteiger partial charge in [-0.25, -0.2) is 0 Å². The van der Waals surface area contributed by atoms with E-state index >= 15 is 0 Å². The van der Waals surface area contributed by atoms with Gasteiger partial charge in [0.15, 0.2) is 34.5 Å². The SMILES string of the molecule is COc1cc(CC(C)Oc2c(OC)cc([C@H]3O[C@@H](c4cc(OC)c(OC)c(OC)c4)[C@@H](C)[C@@H]3C)cc2OC)cc(OC)c1OC. The van der Waals surface area contributed by atoms with Gasteiger partial charge in [0.2, 0.25) is 17.2 Å². The molecule has 1 fully saturated rings. The van der Waals surface area contributed by atoms with Crippen molar-refractivity contribution in [3.63, 3.8) is 0 Å². The molecule has 10 heteroatoms. The van der Waals surface area contributed by atoms with Crippen molar-refractivity contribution in [3.8, 4) is 51.7 Å². The number of methoxy groups -OCH3 is 8. The summed E-state index contributed by atoms with van der Waals surface area (Å²) in [5.41, 5.74) is 2.85. The number of hydrogen-bond acceptors (Lipinski definition) is 10. The van der Waals surface area contributed by atoms with Gasteiger partial charge in [-0.15, -0.1) is 0 Å². The lowest BCUT2D eigenvalue weighted by Crippen LogP contribution is -2.17. The van der Waals surface area contributed by atoms with E-state index in [1.165, 1.54) is 0 Å². The summed E-state index contributed by atoms with van der Waals surface area (Å²) in [4.78, 5) is 0. The number of ether oxygens (including phenoxy) is 10. The van der Waals surface area contributed by atoms with Crippen LogP contribution in [0.2, 0.25) is 0 Å². The van der Waals surface area contributed by atoms with Gasteiger partial charge in [0.05, 0.1) is 69.1 Å². The van der Waals surface area contributed by atoms with Crippen LogP contribution in [0.4, 0.5) is 0 Å². The largest absolute Gasteiger partial charge is 0.493 e. The third-order valence-electron chi connectivity index (χ3n) is 8.47. The quantitative estimate of drug-likeness (QED) is 0.189. The lowest BCUT2D eigenvalue weighted by molar-refractivity contribution is 0.0285. The van der Waals surface area contributed by atoms with Crippen molar-refractivity contribution >= 4 is 0 Å². The van der Waals surface area contributed by atoms with E-state index in [9.17, 15) is 0 Å². The van der Waals surface area contributed by atoms with Crippen LogP contribution in [0.1, 0.15) is 49.7 Å². The molecule has 0 spiro atoms. The van der Waals surface area contributed by atoms with Crippen molar-refractivity contribution < 1.29 is 47.4 Å². The molecule has 1 aliphatic rings. The van der Waals surface area contributed by atoms with Gasteiger partial charge in [-0.2, -0.15) is 0 Å². The first-order valence-corrected chi connectivity index (χ1v) is 14.8. The van der Waals surface area contributed by atoms with Crippen LogP contribution < -0.4 is 42.6 Å². The molecule has 0 bridgehead atoms.